The van der Waals surface area contributed by atoms with Crippen molar-refractivity contribution in [1.29, 1.82) is 0 Å². The fourth-order valence-electron chi connectivity index (χ4n) is 4.56. The van der Waals surface area contributed by atoms with E-state index in [0.717, 1.165) is 16.8 Å². The first-order chi connectivity index (χ1) is 16.8. The number of thioether (sulfide) groups is 1. The minimum atomic E-state index is -0.445. The monoisotopic (exact) mass is 493 g/mol. The topological polar surface area (TPSA) is 81.5 Å². The van der Waals surface area contributed by atoms with Crippen molar-refractivity contribution in [2.45, 2.75) is 50.9 Å². The van der Waals surface area contributed by atoms with Gasteiger partial charge in [0.2, 0.25) is 5.91 Å². The minimum Gasteiger partial charge on any atom is -0.466 e. The van der Waals surface area contributed by atoms with Gasteiger partial charge < -0.3 is 9.64 Å². The van der Waals surface area contributed by atoms with Crippen LogP contribution in [0.2, 0.25) is 0 Å². The molecule has 0 saturated carbocycles. The zero-order chi connectivity index (χ0) is 25.1. The van der Waals surface area contributed by atoms with Crippen LogP contribution in [0.1, 0.15) is 37.8 Å². The van der Waals surface area contributed by atoms with E-state index in [1.165, 1.54) is 11.8 Å². The molecular formula is C27H31N3O4S. The van der Waals surface area contributed by atoms with Crippen LogP contribution < -0.4 is 5.56 Å². The molecule has 1 aromatic heterocycles. The van der Waals surface area contributed by atoms with Crippen LogP contribution in [0, 0.1) is 19.8 Å². The van der Waals surface area contributed by atoms with Gasteiger partial charge in [0.1, 0.15) is 0 Å². The molecule has 1 atom stereocenters. The SMILES string of the molecule is CCOC(=O)C1CCN(C(=O)C(C)Sc2nc3ccccc3c(=O)n2-c2cc(C)cc(C)c2)CC1. The van der Waals surface area contributed by atoms with E-state index in [2.05, 4.69) is 6.07 Å². The molecular weight excluding hydrogens is 462 g/mol. The number of hydrogen-bond donors (Lipinski definition) is 0. The molecule has 2 aromatic carbocycles. The Hall–Kier alpha value is -3.13. The molecule has 0 radical (unpaired) electrons. The van der Waals surface area contributed by atoms with Crippen molar-refractivity contribution >= 4 is 34.5 Å². The summed E-state index contributed by atoms with van der Waals surface area (Å²) < 4.78 is 6.75. The number of amides is 1. The Balaban J connectivity index is 1.62. The Morgan fingerprint density at radius 2 is 1.77 bits per heavy atom. The lowest BCUT2D eigenvalue weighted by Gasteiger charge is -2.32. The summed E-state index contributed by atoms with van der Waals surface area (Å²) in [5.74, 6) is -0.356. The minimum absolute atomic E-state index is 0.0216. The van der Waals surface area contributed by atoms with E-state index in [1.54, 1.807) is 22.5 Å². The highest BCUT2D eigenvalue weighted by molar-refractivity contribution is 8.00. The molecule has 1 aliphatic rings. The predicted octanol–water partition coefficient (Wildman–Crippen LogP) is 4.28. The quantitative estimate of drug-likeness (QED) is 0.290. The Bertz CT molecular complexity index is 1290. The van der Waals surface area contributed by atoms with Gasteiger partial charge in [-0.3, -0.25) is 19.0 Å². The summed E-state index contributed by atoms with van der Waals surface area (Å²) in [6, 6.07) is 13.3. The highest BCUT2D eigenvalue weighted by Crippen LogP contribution is 2.28. The van der Waals surface area contributed by atoms with Gasteiger partial charge in [0.25, 0.3) is 5.56 Å². The number of aromatic nitrogens is 2. The fraction of sp³-hybridized carbons (Fsp3) is 0.407. The molecule has 2 heterocycles. The summed E-state index contributed by atoms with van der Waals surface area (Å²) in [6.45, 7) is 9.03. The third kappa shape index (κ3) is 5.42. The van der Waals surface area contributed by atoms with Crippen LogP contribution in [0.25, 0.3) is 16.6 Å². The van der Waals surface area contributed by atoms with E-state index in [9.17, 15) is 14.4 Å². The van der Waals surface area contributed by atoms with Crippen molar-refractivity contribution in [3.8, 4) is 5.69 Å². The first-order valence-electron chi connectivity index (χ1n) is 12.0. The van der Waals surface area contributed by atoms with Crippen LogP contribution in [0.3, 0.4) is 0 Å². The summed E-state index contributed by atoms with van der Waals surface area (Å²) in [5, 5.41) is 0.580. The molecule has 1 amide bonds. The third-order valence-corrected chi connectivity index (χ3v) is 7.31. The molecule has 0 spiro atoms. The largest absolute Gasteiger partial charge is 0.466 e. The van der Waals surface area contributed by atoms with Gasteiger partial charge >= 0.3 is 5.97 Å². The van der Waals surface area contributed by atoms with Gasteiger partial charge in [-0.15, -0.1) is 0 Å². The maximum absolute atomic E-state index is 13.5. The number of esters is 1. The van der Waals surface area contributed by atoms with Crippen molar-refractivity contribution in [2.24, 2.45) is 5.92 Å². The average Bonchev–Trinajstić information content (AvgIpc) is 2.83. The predicted molar refractivity (Wildman–Crippen MR) is 138 cm³/mol. The molecule has 1 aliphatic heterocycles. The zero-order valence-corrected chi connectivity index (χ0v) is 21.4. The molecule has 3 aromatic rings. The second-order valence-corrected chi connectivity index (χ2v) is 10.3. The van der Waals surface area contributed by atoms with Gasteiger partial charge in [-0.2, -0.15) is 0 Å². The number of piperidine rings is 1. The summed E-state index contributed by atoms with van der Waals surface area (Å²) in [7, 11) is 0. The maximum Gasteiger partial charge on any atom is 0.309 e. The van der Waals surface area contributed by atoms with E-state index in [4.69, 9.17) is 9.72 Å². The highest BCUT2D eigenvalue weighted by atomic mass is 32.2. The Morgan fingerprint density at radius 1 is 1.11 bits per heavy atom. The standard InChI is InChI=1S/C27H31N3O4S/c1-5-34-26(33)20-10-12-29(13-11-20)24(31)19(4)35-27-28-23-9-7-6-8-22(23)25(32)30(27)21-15-17(2)14-18(3)16-21/h6-9,14-16,19-20H,5,10-13H2,1-4H3. The number of ether oxygens (including phenoxy) is 1. The third-order valence-electron chi connectivity index (χ3n) is 6.27. The number of rotatable bonds is 6. The summed E-state index contributed by atoms with van der Waals surface area (Å²) >= 11 is 1.29. The van der Waals surface area contributed by atoms with E-state index < -0.39 is 5.25 Å². The number of likely N-dealkylation sites (tertiary alicyclic amines) is 1. The maximum atomic E-state index is 13.5. The van der Waals surface area contributed by atoms with Gasteiger partial charge in [-0.1, -0.05) is 30.0 Å². The summed E-state index contributed by atoms with van der Waals surface area (Å²) in [6.07, 6.45) is 1.20. The summed E-state index contributed by atoms with van der Waals surface area (Å²) in [4.78, 5) is 45.5. The van der Waals surface area contributed by atoms with E-state index in [1.807, 2.05) is 51.1 Å². The smallest absolute Gasteiger partial charge is 0.309 e. The van der Waals surface area contributed by atoms with Crippen LogP contribution >= 0.6 is 11.8 Å². The fourth-order valence-corrected chi connectivity index (χ4v) is 5.57. The lowest BCUT2D eigenvalue weighted by atomic mass is 9.97. The van der Waals surface area contributed by atoms with E-state index >= 15 is 0 Å². The first kappa shape index (κ1) is 25.0. The number of fused-ring (bicyclic) bond motifs is 1. The molecule has 4 rings (SSSR count). The van der Waals surface area contributed by atoms with Crippen molar-refractivity contribution in [3.05, 3.63) is 63.9 Å². The van der Waals surface area contributed by atoms with Crippen LogP contribution in [0.4, 0.5) is 0 Å². The average molecular weight is 494 g/mol. The number of benzene rings is 2. The van der Waals surface area contributed by atoms with Crippen LogP contribution in [-0.4, -0.2) is 51.3 Å². The number of para-hydroxylation sites is 1. The van der Waals surface area contributed by atoms with Gasteiger partial charge in [0.15, 0.2) is 5.16 Å². The highest BCUT2D eigenvalue weighted by Gasteiger charge is 2.31. The molecule has 1 fully saturated rings. The van der Waals surface area contributed by atoms with Gasteiger partial charge in [0, 0.05) is 13.1 Å². The van der Waals surface area contributed by atoms with Gasteiger partial charge in [-0.05, 0) is 75.9 Å². The summed E-state index contributed by atoms with van der Waals surface area (Å²) in [5.41, 5.74) is 3.28. The van der Waals surface area contributed by atoms with Crippen molar-refractivity contribution in [1.82, 2.24) is 14.5 Å². The normalized spacial score (nSPS) is 15.3. The lowest BCUT2D eigenvalue weighted by Crippen LogP contribution is -2.43. The van der Waals surface area contributed by atoms with Gasteiger partial charge in [0.05, 0.1) is 34.4 Å². The lowest BCUT2D eigenvalue weighted by molar-refractivity contribution is -0.151. The zero-order valence-electron chi connectivity index (χ0n) is 20.6. The van der Waals surface area contributed by atoms with E-state index in [0.29, 0.717) is 48.6 Å². The number of carbonyl (C=O) groups is 2. The number of aryl methyl sites for hydroxylation is 2. The van der Waals surface area contributed by atoms with Crippen molar-refractivity contribution in [3.63, 3.8) is 0 Å². The number of nitrogens with zero attached hydrogens (tertiary/aromatic N) is 3. The molecule has 0 aliphatic carbocycles. The number of carbonyl (C=O) groups excluding carboxylic acids is 2. The number of hydrogen-bond acceptors (Lipinski definition) is 6. The Labute approximate surface area is 209 Å². The van der Waals surface area contributed by atoms with Crippen LogP contribution in [0.5, 0.6) is 0 Å². The Kier molecular flexibility index (Phi) is 7.60. The van der Waals surface area contributed by atoms with E-state index in [-0.39, 0.29) is 23.4 Å². The van der Waals surface area contributed by atoms with Gasteiger partial charge in [-0.25, -0.2) is 4.98 Å². The van der Waals surface area contributed by atoms with Crippen molar-refractivity contribution < 1.29 is 14.3 Å². The second kappa shape index (κ2) is 10.6. The molecule has 35 heavy (non-hydrogen) atoms. The molecule has 184 valence electrons. The van der Waals surface area contributed by atoms with Crippen LogP contribution in [-0.2, 0) is 14.3 Å². The molecule has 8 heteroatoms. The molecule has 1 unspecified atom stereocenters. The van der Waals surface area contributed by atoms with Crippen molar-refractivity contribution in [2.75, 3.05) is 19.7 Å². The molecule has 1 saturated heterocycles. The molecule has 0 N–H and O–H groups in total. The first-order valence-corrected chi connectivity index (χ1v) is 12.9. The second-order valence-electron chi connectivity index (χ2n) is 9.01. The molecule has 7 nitrogen and oxygen atoms in total. The Morgan fingerprint density at radius 3 is 2.43 bits per heavy atom. The molecule has 0 bridgehead atoms. The van der Waals surface area contributed by atoms with Crippen LogP contribution in [0.15, 0.2) is 52.4 Å².